The highest BCUT2D eigenvalue weighted by molar-refractivity contribution is 5.59. The molecule has 1 atom stereocenters. The third kappa shape index (κ3) is 0.900. The van der Waals surface area contributed by atoms with Crippen molar-refractivity contribution in [3.05, 3.63) is 24.3 Å². The zero-order valence-corrected chi connectivity index (χ0v) is 6.23. The molecule has 0 bridgehead atoms. The van der Waals surface area contributed by atoms with E-state index in [-0.39, 0.29) is 6.17 Å². The van der Waals surface area contributed by atoms with Gasteiger partial charge in [-0.1, -0.05) is 0 Å². The Morgan fingerprint density at radius 1 is 1.67 bits per heavy atom. The largest absolute Gasteiger partial charge is 0.359 e. The molecule has 0 aromatic heterocycles. The number of rotatable bonds is 0. The molecule has 1 unspecified atom stereocenters. The zero-order valence-electron chi connectivity index (χ0n) is 6.23. The predicted octanol–water partition coefficient (Wildman–Crippen LogP) is -0.357. The van der Waals surface area contributed by atoms with E-state index in [4.69, 9.17) is 5.26 Å². The Bertz CT molecular complexity index is 308. The van der Waals surface area contributed by atoms with Crippen LogP contribution in [0.2, 0.25) is 0 Å². The van der Waals surface area contributed by atoms with Gasteiger partial charge in [-0.25, -0.2) is 4.99 Å². The fourth-order valence-corrected chi connectivity index (χ4v) is 1.13. The first-order valence-corrected chi connectivity index (χ1v) is 3.51. The molecule has 5 nitrogen and oxygen atoms in total. The zero-order chi connectivity index (χ0) is 8.39. The summed E-state index contributed by atoms with van der Waals surface area (Å²) in [5.41, 5.74) is 0.876. The summed E-state index contributed by atoms with van der Waals surface area (Å²) >= 11 is 0. The Balaban J connectivity index is 2.30. The van der Waals surface area contributed by atoms with E-state index in [1.165, 1.54) is 4.90 Å². The lowest BCUT2D eigenvalue weighted by Crippen LogP contribution is -2.48. The summed E-state index contributed by atoms with van der Waals surface area (Å²) in [6, 6.07) is 0. The summed E-state index contributed by atoms with van der Waals surface area (Å²) < 4.78 is 0. The Morgan fingerprint density at radius 2 is 2.58 bits per heavy atom. The standard InChI is InChI=1S/C7H7N5/c8-4-12-2-1-10-6-3-9-5-11-7(6)12/h1-3,5,7,10H,(H,9,11). The summed E-state index contributed by atoms with van der Waals surface area (Å²) in [7, 11) is 0. The van der Waals surface area contributed by atoms with Crippen molar-refractivity contribution in [1.29, 1.82) is 5.26 Å². The lowest BCUT2D eigenvalue weighted by Gasteiger charge is -2.30. The van der Waals surface area contributed by atoms with E-state index in [1.54, 1.807) is 24.9 Å². The lowest BCUT2D eigenvalue weighted by molar-refractivity contribution is 0.372. The van der Waals surface area contributed by atoms with Crippen LogP contribution < -0.4 is 10.6 Å². The van der Waals surface area contributed by atoms with Crippen LogP contribution in [-0.4, -0.2) is 17.4 Å². The topological polar surface area (TPSA) is 63.5 Å². The van der Waals surface area contributed by atoms with Crippen molar-refractivity contribution in [1.82, 2.24) is 15.5 Å². The van der Waals surface area contributed by atoms with Crippen molar-refractivity contribution in [2.45, 2.75) is 6.17 Å². The van der Waals surface area contributed by atoms with Crippen molar-refractivity contribution in [3.8, 4) is 6.19 Å². The van der Waals surface area contributed by atoms with Gasteiger partial charge in [0.1, 0.15) is 0 Å². The van der Waals surface area contributed by atoms with Crippen LogP contribution in [0.5, 0.6) is 0 Å². The summed E-state index contributed by atoms with van der Waals surface area (Å²) in [5, 5.41) is 14.7. The third-order valence-electron chi connectivity index (χ3n) is 1.69. The van der Waals surface area contributed by atoms with Crippen LogP contribution in [0.4, 0.5) is 0 Å². The highest BCUT2D eigenvalue weighted by Crippen LogP contribution is 2.11. The molecule has 2 aliphatic rings. The summed E-state index contributed by atoms with van der Waals surface area (Å²) in [5.74, 6) is 0. The second-order valence-corrected chi connectivity index (χ2v) is 2.40. The van der Waals surface area contributed by atoms with Gasteiger partial charge in [0.15, 0.2) is 12.4 Å². The number of aliphatic imine (C=N–C) groups is 1. The van der Waals surface area contributed by atoms with Crippen molar-refractivity contribution in [2.75, 3.05) is 0 Å². The minimum atomic E-state index is -0.127. The summed E-state index contributed by atoms with van der Waals surface area (Å²) in [6.45, 7) is 0. The number of hydrogen-bond donors (Lipinski definition) is 2. The van der Waals surface area contributed by atoms with Crippen molar-refractivity contribution >= 4 is 6.34 Å². The third-order valence-corrected chi connectivity index (χ3v) is 1.69. The monoisotopic (exact) mass is 161 g/mol. The molecular weight excluding hydrogens is 154 g/mol. The molecule has 0 aromatic rings. The van der Waals surface area contributed by atoms with E-state index >= 15 is 0 Å². The SMILES string of the molecule is N#CN1C=CNC2=CN=CNC21. The smallest absolute Gasteiger partial charge is 0.186 e. The summed E-state index contributed by atoms with van der Waals surface area (Å²) in [4.78, 5) is 5.41. The number of nitrogens with zero attached hydrogens (tertiary/aromatic N) is 3. The molecule has 0 fully saturated rings. The maximum Gasteiger partial charge on any atom is 0.186 e. The molecule has 12 heavy (non-hydrogen) atoms. The van der Waals surface area contributed by atoms with E-state index in [1.807, 2.05) is 6.19 Å². The second kappa shape index (κ2) is 2.58. The Morgan fingerprint density at radius 3 is 3.42 bits per heavy atom. The average Bonchev–Trinajstić information content (AvgIpc) is 2.17. The molecule has 0 radical (unpaired) electrons. The van der Waals surface area contributed by atoms with Gasteiger partial charge in [0.25, 0.3) is 0 Å². The first-order valence-electron chi connectivity index (χ1n) is 3.51. The predicted molar refractivity (Wildman–Crippen MR) is 43.2 cm³/mol. The molecule has 5 heteroatoms. The van der Waals surface area contributed by atoms with Gasteiger partial charge in [0.2, 0.25) is 0 Å². The van der Waals surface area contributed by atoms with Crippen molar-refractivity contribution in [2.24, 2.45) is 4.99 Å². The highest BCUT2D eigenvalue weighted by Gasteiger charge is 2.22. The molecule has 2 heterocycles. The van der Waals surface area contributed by atoms with Gasteiger partial charge in [0, 0.05) is 12.4 Å². The number of fused-ring (bicyclic) bond motifs is 1. The first kappa shape index (κ1) is 6.73. The van der Waals surface area contributed by atoms with Crippen LogP contribution >= 0.6 is 0 Å². The quantitative estimate of drug-likeness (QED) is 0.476. The van der Waals surface area contributed by atoms with Gasteiger partial charge >= 0.3 is 0 Å². The molecule has 60 valence electrons. The van der Waals surface area contributed by atoms with Crippen molar-refractivity contribution in [3.63, 3.8) is 0 Å². The van der Waals surface area contributed by atoms with Crippen molar-refractivity contribution < 1.29 is 0 Å². The lowest BCUT2D eigenvalue weighted by atomic mass is 10.3. The Kier molecular flexibility index (Phi) is 1.45. The molecule has 2 N–H and O–H groups in total. The second-order valence-electron chi connectivity index (χ2n) is 2.40. The minimum Gasteiger partial charge on any atom is -0.359 e. The van der Waals surface area contributed by atoms with E-state index in [0.29, 0.717) is 0 Å². The number of nitriles is 1. The summed E-state index contributed by atoms with van der Waals surface area (Å²) in [6.07, 6.45) is 8.55. The van der Waals surface area contributed by atoms with Crippen LogP contribution in [0, 0.1) is 11.5 Å². The average molecular weight is 161 g/mol. The number of hydrogen-bond acceptors (Lipinski definition) is 5. The fraction of sp³-hybridized carbons (Fsp3) is 0.143. The molecule has 0 aliphatic carbocycles. The van der Waals surface area contributed by atoms with E-state index in [2.05, 4.69) is 15.6 Å². The van der Waals surface area contributed by atoms with Crippen LogP contribution in [0.25, 0.3) is 0 Å². The normalized spacial score (nSPS) is 24.8. The Labute approximate surface area is 69.7 Å². The Hall–Kier alpha value is -1.96. The molecular formula is C7H7N5. The van der Waals surface area contributed by atoms with Gasteiger partial charge in [-0.05, 0) is 0 Å². The van der Waals surface area contributed by atoms with Gasteiger partial charge in [-0.2, -0.15) is 5.26 Å². The van der Waals surface area contributed by atoms with Gasteiger partial charge < -0.3 is 10.6 Å². The van der Waals surface area contributed by atoms with E-state index in [9.17, 15) is 0 Å². The number of nitrogens with one attached hydrogen (secondary N) is 2. The first-order chi connectivity index (χ1) is 5.92. The van der Waals surface area contributed by atoms with Crippen LogP contribution in [0.3, 0.4) is 0 Å². The van der Waals surface area contributed by atoms with Crippen LogP contribution in [-0.2, 0) is 0 Å². The van der Waals surface area contributed by atoms with Gasteiger partial charge in [-0.3, -0.25) is 4.90 Å². The molecule has 0 aromatic carbocycles. The van der Waals surface area contributed by atoms with Crippen LogP contribution in [0.1, 0.15) is 0 Å². The molecule has 0 amide bonds. The fourth-order valence-electron chi connectivity index (χ4n) is 1.13. The molecule has 0 saturated carbocycles. The van der Waals surface area contributed by atoms with E-state index in [0.717, 1.165) is 5.70 Å². The molecule has 2 rings (SSSR count). The van der Waals surface area contributed by atoms with Gasteiger partial charge in [-0.15, -0.1) is 0 Å². The maximum absolute atomic E-state index is 8.72. The molecule has 0 saturated heterocycles. The highest BCUT2D eigenvalue weighted by atomic mass is 15.3. The minimum absolute atomic E-state index is 0.127. The maximum atomic E-state index is 8.72. The van der Waals surface area contributed by atoms with E-state index < -0.39 is 0 Å². The van der Waals surface area contributed by atoms with Gasteiger partial charge in [0.05, 0.1) is 18.2 Å². The van der Waals surface area contributed by atoms with Crippen LogP contribution in [0.15, 0.2) is 29.3 Å². The molecule has 2 aliphatic heterocycles. The molecule has 0 spiro atoms.